The molecule has 0 saturated carbocycles. The summed E-state index contributed by atoms with van der Waals surface area (Å²) in [6.45, 7) is 25.4. The highest BCUT2D eigenvalue weighted by molar-refractivity contribution is 8.10. The van der Waals surface area contributed by atoms with Gasteiger partial charge in [-0.3, -0.25) is 4.52 Å². The van der Waals surface area contributed by atoms with E-state index in [1.807, 2.05) is 52.0 Å². The first-order valence-corrected chi connectivity index (χ1v) is 14.8. The monoisotopic (exact) mass is 503 g/mol. The van der Waals surface area contributed by atoms with Crippen LogP contribution in [0.5, 0.6) is 5.75 Å². The minimum absolute atomic E-state index is 0.0261. The van der Waals surface area contributed by atoms with Crippen molar-refractivity contribution in [2.75, 3.05) is 5.09 Å². The van der Waals surface area contributed by atoms with Crippen LogP contribution in [-0.4, -0.2) is 5.60 Å². The van der Waals surface area contributed by atoms with Crippen molar-refractivity contribution in [3.05, 3.63) is 58.7 Å². The number of benzene rings is 2. The number of nitrogens with one attached hydrogen (secondary N) is 1. The molecular weight excluding hydrogens is 457 g/mol. The molecule has 34 heavy (non-hydrogen) atoms. The van der Waals surface area contributed by atoms with E-state index in [0.717, 1.165) is 17.0 Å². The third kappa shape index (κ3) is 7.57. The number of rotatable bonds is 5. The Labute approximate surface area is 214 Å². The van der Waals surface area contributed by atoms with Crippen molar-refractivity contribution in [3.8, 4) is 5.75 Å². The van der Waals surface area contributed by atoms with Crippen molar-refractivity contribution in [1.29, 1.82) is 0 Å². The molecule has 0 aliphatic rings. The molecule has 0 heterocycles. The molecule has 190 valence electrons. The van der Waals surface area contributed by atoms with Crippen molar-refractivity contribution in [2.45, 2.75) is 112 Å². The zero-order valence-corrected chi connectivity index (χ0v) is 25.3. The molecule has 0 bridgehead atoms. The first-order chi connectivity index (χ1) is 15.1. The van der Waals surface area contributed by atoms with Crippen LogP contribution in [0.15, 0.2) is 36.4 Å². The maximum atomic E-state index is 6.54. The molecule has 0 aliphatic carbocycles. The fourth-order valence-corrected chi connectivity index (χ4v) is 6.74. The molecule has 3 nitrogen and oxygen atoms in total. The SMILES string of the molecule is Cc1ccccc1OP(=S)(Nc1c(C(C)(C)C)cc(C(C)(C)C)cc1C(C)(C)C)OC(C)(C)C. The molecule has 0 radical (unpaired) electrons. The summed E-state index contributed by atoms with van der Waals surface area (Å²) in [4.78, 5) is 0. The van der Waals surface area contributed by atoms with Crippen LogP contribution < -0.4 is 9.61 Å². The van der Waals surface area contributed by atoms with Crippen LogP contribution in [0.3, 0.4) is 0 Å². The number of hydrogen-bond acceptors (Lipinski definition) is 3. The van der Waals surface area contributed by atoms with Gasteiger partial charge in [0.15, 0.2) is 0 Å². The second kappa shape index (κ2) is 9.60. The number of anilines is 1. The lowest BCUT2D eigenvalue weighted by Gasteiger charge is -2.37. The Hall–Kier alpha value is -1.35. The summed E-state index contributed by atoms with van der Waals surface area (Å²) in [5, 5.41) is 3.70. The molecule has 5 heteroatoms. The van der Waals surface area contributed by atoms with Crippen molar-refractivity contribution in [1.82, 2.24) is 0 Å². The van der Waals surface area contributed by atoms with Crippen LogP contribution in [0.4, 0.5) is 5.69 Å². The molecule has 1 atom stereocenters. The first-order valence-electron chi connectivity index (χ1n) is 12.2. The number of para-hydroxylation sites is 1. The van der Waals surface area contributed by atoms with Gasteiger partial charge in [0, 0.05) is 5.69 Å². The number of hydrogen-bond donors (Lipinski definition) is 1. The minimum Gasteiger partial charge on any atom is -0.429 e. The summed E-state index contributed by atoms with van der Waals surface area (Å²) in [5.74, 6) is 0.753. The summed E-state index contributed by atoms with van der Waals surface area (Å²) in [6, 6.07) is 12.6. The van der Waals surface area contributed by atoms with E-state index in [1.54, 1.807) is 0 Å². The minimum atomic E-state index is -2.98. The van der Waals surface area contributed by atoms with Gasteiger partial charge in [-0.25, -0.2) is 0 Å². The summed E-state index contributed by atoms with van der Waals surface area (Å²) in [6.07, 6.45) is 0. The second-order valence-corrected chi connectivity index (χ2v) is 16.4. The van der Waals surface area contributed by atoms with E-state index in [-0.39, 0.29) is 16.2 Å². The fourth-order valence-electron chi connectivity index (χ4n) is 3.73. The third-order valence-corrected chi connectivity index (χ3v) is 8.02. The Kier molecular flexibility index (Phi) is 8.16. The van der Waals surface area contributed by atoms with Crippen LogP contribution in [0, 0.1) is 6.92 Å². The Balaban J connectivity index is 2.81. The molecule has 1 unspecified atom stereocenters. The van der Waals surface area contributed by atoms with Crippen molar-refractivity contribution >= 4 is 24.1 Å². The van der Waals surface area contributed by atoms with Gasteiger partial charge in [0.05, 0.1) is 5.60 Å². The van der Waals surface area contributed by atoms with Crippen molar-refractivity contribution < 1.29 is 9.05 Å². The summed E-state index contributed by atoms with van der Waals surface area (Å²) in [7, 11) is 0. The normalized spacial score (nSPS) is 15.1. The standard InChI is InChI=1S/C29H46NO2PS/c1-20-16-14-15-17-24(20)31-33(34,32-29(11,12)13)30-25-22(27(5,6)7)18-21(26(2,3)4)19-23(25)28(8,9)10/h14-19H,1-13H3,(H,30,34). The van der Waals surface area contributed by atoms with Crippen LogP contribution in [0.25, 0.3) is 0 Å². The Bertz CT molecular complexity index is 1030. The largest absolute Gasteiger partial charge is 0.429 e. The highest BCUT2D eigenvalue weighted by atomic mass is 32.5. The van der Waals surface area contributed by atoms with Crippen LogP contribution in [0.1, 0.15) is 105 Å². The predicted octanol–water partition coefficient (Wildman–Crippen LogP) is 9.42. The van der Waals surface area contributed by atoms with E-state index in [4.69, 9.17) is 20.9 Å². The van der Waals surface area contributed by atoms with Crippen molar-refractivity contribution in [2.24, 2.45) is 0 Å². The topological polar surface area (TPSA) is 30.5 Å². The maximum Gasteiger partial charge on any atom is 0.340 e. The average Bonchev–Trinajstić information content (AvgIpc) is 2.59. The molecule has 0 aliphatic heterocycles. The summed E-state index contributed by atoms with van der Waals surface area (Å²) < 4.78 is 13.1. The van der Waals surface area contributed by atoms with E-state index >= 15 is 0 Å². The lowest BCUT2D eigenvalue weighted by molar-refractivity contribution is 0.135. The smallest absolute Gasteiger partial charge is 0.340 e. The van der Waals surface area contributed by atoms with E-state index < -0.39 is 12.2 Å². The molecule has 1 N–H and O–H groups in total. The molecule has 0 fully saturated rings. The first kappa shape index (κ1) is 28.9. The van der Waals surface area contributed by atoms with Gasteiger partial charge >= 0.3 is 6.64 Å². The zero-order chi connectivity index (χ0) is 26.3. The van der Waals surface area contributed by atoms with E-state index in [0.29, 0.717) is 0 Å². The third-order valence-electron chi connectivity index (χ3n) is 5.58. The summed E-state index contributed by atoms with van der Waals surface area (Å²) >= 11 is 6.20. The molecule has 0 aromatic heterocycles. The quantitative estimate of drug-likeness (QED) is 0.412. The van der Waals surface area contributed by atoms with Gasteiger partial charge in [0.2, 0.25) is 0 Å². The lowest BCUT2D eigenvalue weighted by atomic mass is 9.74. The van der Waals surface area contributed by atoms with Gasteiger partial charge in [0.1, 0.15) is 5.75 Å². The summed E-state index contributed by atoms with van der Waals surface area (Å²) in [5.41, 5.74) is 5.19. The number of aryl methyl sites for hydroxylation is 1. The Morgan fingerprint density at radius 3 is 1.59 bits per heavy atom. The molecular formula is C29H46NO2PS. The molecule has 0 saturated heterocycles. The Morgan fingerprint density at radius 2 is 1.21 bits per heavy atom. The van der Waals surface area contributed by atoms with Crippen LogP contribution in [0.2, 0.25) is 0 Å². The highest BCUT2D eigenvalue weighted by Gasteiger charge is 2.35. The average molecular weight is 504 g/mol. The van der Waals surface area contributed by atoms with Gasteiger partial charge in [-0.1, -0.05) is 92.6 Å². The highest BCUT2D eigenvalue weighted by Crippen LogP contribution is 2.55. The van der Waals surface area contributed by atoms with E-state index in [2.05, 4.69) is 79.5 Å². The molecule has 2 aromatic carbocycles. The van der Waals surface area contributed by atoms with Gasteiger partial charge in [-0.05, 0) is 84.1 Å². The zero-order valence-electron chi connectivity index (χ0n) is 23.6. The fraction of sp³-hybridized carbons (Fsp3) is 0.586. The maximum absolute atomic E-state index is 6.54. The van der Waals surface area contributed by atoms with Gasteiger partial charge in [0.25, 0.3) is 0 Å². The van der Waals surface area contributed by atoms with Gasteiger partial charge < -0.3 is 9.61 Å². The van der Waals surface area contributed by atoms with Gasteiger partial charge in [-0.15, -0.1) is 0 Å². The molecule has 0 amide bonds. The van der Waals surface area contributed by atoms with Crippen LogP contribution in [-0.2, 0) is 32.6 Å². The molecule has 2 aromatic rings. The molecule has 0 spiro atoms. The van der Waals surface area contributed by atoms with Crippen molar-refractivity contribution in [3.63, 3.8) is 0 Å². The van der Waals surface area contributed by atoms with Gasteiger partial charge in [-0.2, -0.15) is 0 Å². The van der Waals surface area contributed by atoms with Crippen LogP contribution >= 0.6 is 6.64 Å². The second-order valence-electron chi connectivity index (χ2n) is 13.4. The Morgan fingerprint density at radius 1 is 0.735 bits per heavy atom. The molecule has 2 rings (SSSR count). The van der Waals surface area contributed by atoms with E-state index in [1.165, 1.54) is 16.7 Å². The lowest BCUT2D eigenvalue weighted by Crippen LogP contribution is -2.26. The van der Waals surface area contributed by atoms with E-state index in [9.17, 15) is 0 Å². The predicted molar refractivity (Wildman–Crippen MR) is 153 cm³/mol.